The first-order valence-electron chi connectivity index (χ1n) is 21.5. The minimum absolute atomic E-state index is 0.0455. The lowest BCUT2D eigenvalue weighted by molar-refractivity contribution is -0.260. The molecule has 0 aromatic carbocycles. The number of nitrogens with one attached hydrogen (secondary N) is 1. The van der Waals surface area contributed by atoms with Gasteiger partial charge in [-0.3, -0.25) is 9.79 Å². The highest BCUT2D eigenvalue weighted by molar-refractivity contribution is 8.14. The molecule has 1 unspecified atom stereocenters. The maximum Gasteiger partial charge on any atom is 0.332 e. The third kappa shape index (κ3) is 9.64. The molecule has 6 heterocycles. The Morgan fingerprint density at radius 3 is 2.20 bits per heavy atom. The predicted octanol–water partition coefficient (Wildman–Crippen LogP) is 4.73. The second-order valence-electron chi connectivity index (χ2n) is 18.7. The average Bonchev–Trinajstić information content (AvgIpc) is 3.77. The summed E-state index contributed by atoms with van der Waals surface area (Å²) in [5.74, 6) is -1.18. The summed E-state index contributed by atoms with van der Waals surface area (Å²) in [6, 6.07) is -0.414. The number of rotatable bonds is 7. The molecule has 14 nitrogen and oxygen atoms in total. The number of ether oxygens (including phenoxy) is 6. The maximum atomic E-state index is 14.6. The van der Waals surface area contributed by atoms with Crippen molar-refractivity contribution < 1.29 is 47.3 Å². The number of fused-ring (bicyclic) bond motifs is 9. The minimum Gasteiger partial charge on any atom is -0.459 e. The summed E-state index contributed by atoms with van der Waals surface area (Å²) in [4.78, 5) is 36.8. The number of nitrogens with zero attached hydrogens (tertiary/aromatic N) is 3. The number of aliphatic hydroxyl groups is 1. The van der Waals surface area contributed by atoms with Crippen LogP contribution in [0.4, 0.5) is 0 Å². The van der Waals surface area contributed by atoms with Crippen LogP contribution < -0.4 is 5.32 Å². The Morgan fingerprint density at radius 1 is 0.983 bits per heavy atom. The van der Waals surface area contributed by atoms with Crippen LogP contribution in [0.3, 0.4) is 0 Å². The molecule has 1 aliphatic carbocycles. The number of ketones is 1. The van der Waals surface area contributed by atoms with Crippen molar-refractivity contribution in [1.82, 2.24) is 15.1 Å². The van der Waals surface area contributed by atoms with E-state index >= 15 is 0 Å². The molecule has 7 aliphatic rings. The van der Waals surface area contributed by atoms with Crippen LogP contribution in [0.5, 0.6) is 0 Å². The number of halogens is 1. The molecule has 0 aromatic rings. The molecule has 6 aliphatic heterocycles. The third-order valence-electron chi connectivity index (χ3n) is 14.0. The van der Waals surface area contributed by atoms with E-state index in [1.54, 1.807) is 13.8 Å². The number of methoxy groups -OCH3 is 1. The van der Waals surface area contributed by atoms with Gasteiger partial charge in [0.05, 0.1) is 34.3 Å². The van der Waals surface area contributed by atoms with E-state index < -0.39 is 80.9 Å². The lowest BCUT2D eigenvalue weighted by Gasteiger charge is -2.49. The van der Waals surface area contributed by atoms with Crippen molar-refractivity contribution in [3.8, 4) is 0 Å². The Morgan fingerprint density at radius 2 is 1.60 bits per heavy atom. The highest BCUT2D eigenvalue weighted by Gasteiger charge is 2.56. The van der Waals surface area contributed by atoms with Gasteiger partial charge in [-0.05, 0) is 108 Å². The van der Waals surface area contributed by atoms with Gasteiger partial charge in [0.15, 0.2) is 35.4 Å². The second-order valence-corrected chi connectivity index (χ2v) is 22.0. The van der Waals surface area contributed by atoms with E-state index in [2.05, 4.69) is 49.1 Å². The van der Waals surface area contributed by atoms with E-state index in [0.717, 1.165) is 18.4 Å². The summed E-state index contributed by atoms with van der Waals surface area (Å²) >= 11 is 8.80. The average molecular weight is 902 g/mol. The van der Waals surface area contributed by atoms with E-state index in [9.17, 15) is 18.9 Å². The first-order valence-corrected chi connectivity index (χ1v) is 24.1. The van der Waals surface area contributed by atoms with Crippen molar-refractivity contribution in [3.05, 3.63) is 22.8 Å². The molecule has 3 saturated heterocycles. The van der Waals surface area contributed by atoms with Crippen LogP contribution in [0.1, 0.15) is 93.4 Å². The fourth-order valence-corrected chi connectivity index (χ4v) is 13.0. The second kappa shape index (κ2) is 19.0. The first-order chi connectivity index (χ1) is 28.1. The quantitative estimate of drug-likeness (QED) is 0.205. The number of aliphatic hydroxyl groups excluding tert-OH is 1. The standard InChI is InChI=1S/C43H69ClN4O10S2/c1-23-13-16-32(49)43(7,58-37-18-15-30(48(10)11)26(4)55-37)33(50)21-35-46-42(6,40(53-12)60(35)52)39-45-28(22-59-39)38(51)57-34-20-31(27(19-23)24(2)41(34,5)44)56-36-17-14-29(47(8)9)25(3)54-36/h19,21,24-32,34,36-37,40,46,49H,13-18,20,22H2,1-12H3/b23-19-,35-21+/t24-,25-,26-,27-,28+,29+,30+,31-,32-,34-,36+,37+,40+,41+,42+,43-,60?/m1/s1. The molecule has 2 N–H and O–H groups in total. The number of aliphatic imine (C=N–C) groups is 1. The molecule has 7 rings (SSSR count). The molecule has 0 spiro atoms. The highest BCUT2D eigenvalue weighted by atomic mass is 35.5. The number of carbonyl (C=O) groups is 2. The van der Waals surface area contributed by atoms with Gasteiger partial charge in [0.2, 0.25) is 0 Å². The van der Waals surface area contributed by atoms with E-state index in [-0.39, 0.29) is 47.6 Å². The Bertz CT molecular complexity index is 1710. The van der Waals surface area contributed by atoms with Crippen molar-refractivity contribution in [2.24, 2.45) is 16.8 Å². The van der Waals surface area contributed by atoms with Gasteiger partial charge >= 0.3 is 5.97 Å². The topological polar surface area (TPSA) is 158 Å². The fraction of sp³-hybridized carbons (Fsp3) is 0.837. The third-order valence-corrected chi connectivity index (χ3v) is 17.6. The number of alkyl halides is 1. The number of hydrogen-bond donors (Lipinski definition) is 2. The van der Waals surface area contributed by atoms with Crippen LogP contribution in [-0.2, 0) is 48.8 Å². The molecule has 340 valence electrons. The van der Waals surface area contributed by atoms with Crippen molar-refractivity contribution in [2.75, 3.05) is 41.1 Å². The molecule has 0 radical (unpaired) electrons. The van der Waals surface area contributed by atoms with Crippen molar-refractivity contribution in [2.45, 2.75) is 176 Å². The van der Waals surface area contributed by atoms with Gasteiger partial charge < -0.3 is 48.6 Å². The SMILES string of the molecule is CO[C@H]1S(=O)/C2=C/C(=O)[C@](C)(O[C@H]3CC[C@H](N(C)C)[C@@H](C)O3)[C@H](O)CC/C(C)=C\[C@@H]3[C@@H](C)[C@](C)(Cl)[C@@H](C[C@H]3O[C@H]3CC[C@H](N(C)C)[C@@H](C)O3)OC(=O)[C@@H]3CSC(=N3)[C@]1(C)N2. The highest BCUT2D eigenvalue weighted by Crippen LogP contribution is 2.48. The summed E-state index contributed by atoms with van der Waals surface area (Å²) in [5.41, 5.74) is -2.90. The van der Waals surface area contributed by atoms with Crippen molar-refractivity contribution >= 4 is 51.0 Å². The monoisotopic (exact) mass is 900 g/mol. The fourth-order valence-electron chi connectivity index (χ4n) is 9.92. The number of thioether (sulfide) groups is 1. The zero-order valence-corrected chi connectivity index (χ0v) is 39.9. The van der Waals surface area contributed by atoms with Gasteiger partial charge in [-0.25, -0.2) is 9.00 Å². The van der Waals surface area contributed by atoms with Crippen LogP contribution in [0, 0.1) is 11.8 Å². The molecular weight excluding hydrogens is 832 g/mol. The van der Waals surface area contributed by atoms with Gasteiger partial charge in [0, 0.05) is 49.8 Å². The number of likely N-dealkylation sites (N-methyl/N-ethyl adjacent to an activating group) is 2. The van der Waals surface area contributed by atoms with Crippen molar-refractivity contribution in [3.63, 3.8) is 0 Å². The first kappa shape index (κ1) is 48.0. The summed E-state index contributed by atoms with van der Waals surface area (Å²) in [6.07, 6.45) is 3.47. The molecule has 0 amide bonds. The Labute approximate surface area is 368 Å². The normalized spacial score (nSPS) is 47.6. The molecule has 60 heavy (non-hydrogen) atoms. The number of carbonyl (C=O) groups excluding carboxylic acids is 2. The van der Waals surface area contributed by atoms with E-state index in [1.807, 2.05) is 34.9 Å². The van der Waals surface area contributed by atoms with E-state index in [1.165, 1.54) is 24.9 Å². The molecule has 4 fully saturated rings. The van der Waals surface area contributed by atoms with Gasteiger partial charge in [0.25, 0.3) is 0 Å². The van der Waals surface area contributed by atoms with Gasteiger partial charge in [-0.2, -0.15) is 0 Å². The zero-order chi connectivity index (χ0) is 44.1. The summed E-state index contributed by atoms with van der Waals surface area (Å²) < 4.78 is 52.4. The Kier molecular flexibility index (Phi) is 15.2. The summed E-state index contributed by atoms with van der Waals surface area (Å²) in [5, 5.41) is 16.0. The summed E-state index contributed by atoms with van der Waals surface area (Å²) in [6.45, 7) is 13.4. The summed E-state index contributed by atoms with van der Waals surface area (Å²) in [7, 11) is 7.73. The van der Waals surface area contributed by atoms with Crippen LogP contribution in [0.25, 0.3) is 0 Å². The molecule has 0 aromatic heterocycles. The Balaban J connectivity index is 1.37. The lowest BCUT2D eigenvalue weighted by atomic mass is 9.69. The van der Waals surface area contributed by atoms with Crippen LogP contribution in [-0.4, -0.2) is 160 Å². The molecule has 6 bridgehead atoms. The van der Waals surface area contributed by atoms with Gasteiger partial charge in [-0.1, -0.05) is 18.6 Å². The number of esters is 1. The van der Waals surface area contributed by atoms with Gasteiger partial charge in [-0.15, -0.1) is 23.4 Å². The number of allylic oxidation sites excluding steroid dienone is 1. The number of hydrogen-bond acceptors (Lipinski definition) is 15. The largest absolute Gasteiger partial charge is 0.459 e. The molecule has 17 heteroatoms. The van der Waals surface area contributed by atoms with Crippen LogP contribution in [0.15, 0.2) is 27.7 Å². The predicted molar refractivity (Wildman–Crippen MR) is 234 cm³/mol. The van der Waals surface area contributed by atoms with Gasteiger partial charge in [0.1, 0.15) is 27.5 Å². The zero-order valence-electron chi connectivity index (χ0n) is 37.5. The maximum absolute atomic E-state index is 14.6. The smallest absolute Gasteiger partial charge is 0.332 e. The molecule has 17 atom stereocenters. The molecular formula is C43H69ClN4O10S2. The van der Waals surface area contributed by atoms with E-state index in [0.29, 0.717) is 36.5 Å². The minimum atomic E-state index is -1.85. The van der Waals surface area contributed by atoms with E-state index in [4.69, 9.17) is 45.0 Å². The van der Waals surface area contributed by atoms with Crippen LogP contribution >= 0.6 is 23.4 Å². The lowest BCUT2D eigenvalue weighted by Crippen LogP contribution is -2.56. The van der Waals surface area contributed by atoms with Crippen molar-refractivity contribution in [1.29, 1.82) is 0 Å². The Hall–Kier alpha value is -1.44. The molecule has 1 saturated carbocycles. The van der Waals surface area contributed by atoms with Crippen LogP contribution in [0.2, 0.25) is 0 Å².